The molecule has 0 saturated carbocycles. The van der Waals surface area contributed by atoms with E-state index in [9.17, 15) is 9.59 Å². The summed E-state index contributed by atoms with van der Waals surface area (Å²) in [6, 6.07) is 19.7. The van der Waals surface area contributed by atoms with E-state index in [1.165, 1.54) is 7.11 Å². The Morgan fingerprint density at radius 2 is 1.82 bits per heavy atom. The number of hydrogen-bond acceptors (Lipinski definition) is 5. The summed E-state index contributed by atoms with van der Waals surface area (Å²) in [7, 11) is 1.51. The summed E-state index contributed by atoms with van der Waals surface area (Å²) in [5, 5.41) is 5.66. The number of rotatable bonds is 11. The van der Waals surface area contributed by atoms with Gasteiger partial charge in [0.1, 0.15) is 11.8 Å². The van der Waals surface area contributed by atoms with Gasteiger partial charge in [-0.2, -0.15) is 0 Å². The van der Waals surface area contributed by atoms with Crippen LogP contribution in [-0.2, 0) is 22.6 Å². The Balaban J connectivity index is 1.64. The average Bonchev–Trinajstić information content (AvgIpc) is 2.84. The number of nitrogens with zero attached hydrogens (tertiary/aromatic N) is 1. The maximum atomic E-state index is 12.9. The number of aryl methyl sites for hydroxylation is 1. The molecule has 2 N–H and O–H groups in total. The van der Waals surface area contributed by atoms with Gasteiger partial charge in [0.05, 0.1) is 25.9 Å². The molecular weight excluding hydrogens is 418 g/mol. The minimum atomic E-state index is -0.865. The topological polar surface area (TPSA) is 89.5 Å². The second-order valence-corrected chi connectivity index (χ2v) is 7.59. The molecule has 7 nitrogen and oxygen atoms in total. The van der Waals surface area contributed by atoms with E-state index in [4.69, 9.17) is 9.47 Å². The van der Waals surface area contributed by atoms with Crippen LogP contribution in [0.3, 0.4) is 0 Å². The zero-order valence-corrected chi connectivity index (χ0v) is 18.9. The second kappa shape index (κ2) is 12.4. The molecule has 1 heterocycles. The first-order valence-corrected chi connectivity index (χ1v) is 10.8. The van der Waals surface area contributed by atoms with Crippen molar-refractivity contribution in [2.24, 2.45) is 0 Å². The Labute approximate surface area is 194 Å². The molecule has 0 aliphatic carbocycles. The summed E-state index contributed by atoms with van der Waals surface area (Å²) < 4.78 is 11.1. The van der Waals surface area contributed by atoms with Gasteiger partial charge < -0.3 is 20.1 Å². The highest BCUT2D eigenvalue weighted by Gasteiger charge is 2.23. The van der Waals surface area contributed by atoms with Crippen LogP contribution >= 0.6 is 0 Å². The van der Waals surface area contributed by atoms with Crippen molar-refractivity contribution in [1.82, 2.24) is 15.6 Å². The summed E-state index contributed by atoms with van der Waals surface area (Å²) in [6.07, 6.45) is 2.30. The van der Waals surface area contributed by atoms with Gasteiger partial charge in [0.25, 0.3) is 5.91 Å². The highest BCUT2D eigenvalue weighted by Crippen LogP contribution is 2.20. The van der Waals surface area contributed by atoms with Gasteiger partial charge >= 0.3 is 0 Å². The lowest BCUT2D eigenvalue weighted by Gasteiger charge is -2.19. The fraction of sp³-hybridized carbons (Fsp3) is 0.269. The lowest BCUT2D eigenvalue weighted by Crippen LogP contribution is -2.49. The summed E-state index contributed by atoms with van der Waals surface area (Å²) >= 11 is 0. The molecule has 3 rings (SSSR count). The SMILES string of the molecule is COc1cc(C)ccc1C(=O)N[C@H](COCc1ccccc1)C(=O)NCCc1ccccn1. The van der Waals surface area contributed by atoms with Gasteiger partial charge in [-0.3, -0.25) is 14.6 Å². The molecule has 0 aliphatic rings. The lowest BCUT2D eigenvalue weighted by molar-refractivity contribution is -0.124. The van der Waals surface area contributed by atoms with Gasteiger partial charge in [0.15, 0.2) is 0 Å². The number of pyridine rings is 1. The van der Waals surface area contributed by atoms with Crippen LogP contribution in [0.4, 0.5) is 0 Å². The summed E-state index contributed by atoms with van der Waals surface area (Å²) in [4.78, 5) is 30.1. The normalized spacial score (nSPS) is 11.5. The molecule has 0 aliphatic heterocycles. The van der Waals surface area contributed by atoms with Crippen molar-refractivity contribution >= 4 is 11.8 Å². The van der Waals surface area contributed by atoms with Gasteiger partial charge in [-0.05, 0) is 42.3 Å². The Morgan fingerprint density at radius 1 is 1.03 bits per heavy atom. The first-order chi connectivity index (χ1) is 16.1. The molecular formula is C26H29N3O4. The molecule has 172 valence electrons. The van der Waals surface area contributed by atoms with Crippen LogP contribution < -0.4 is 15.4 Å². The van der Waals surface area contributed by atoms with Crippen molar-refractivity contribution in [3.05, 3.63) is 95.3 Å². The van der Waals surface area contributed by atoms with Crippen molar-refractivity contribution in [2.75, 3.05) is 20.3 Å². The van der Waals surface area contributed by atoms with Gasteiger partial charge in [0.2, 0.25) is 5.91 Å². The van der Waals surface area contributed by atoms with E-state index in [2.05, 4.69) is 15.6 Å². The van der Waals surface area contributed by atoms with Gasteiger partial charge in [-0.15, -0.1) is 0 Å². The van der Waals surface area contributed by atoms with Gasteiger partial charge in [-0.25, -0.2) is 0 Å². The fourth-order valence-electron chi connectivity index (χ4n) is 3.26. The van der Waals surface area contributed by atoms with Crippen LogP contribution in [0.5, 0.6) is 5.75 Å². The molecule has 0 saturated heterocycles. The molecule has 1 atom stereocenters. The van der Waals surface area contributed by atoms with Gasteiger partial charge in [0, 0.05) is 24.9 Å². The molecule has 2 aromatic carbocycles. The molecule has 0 spiro atoms. The molecule has 0 bridgehead atoms. The predicted molar refractivity (Wildman–Crippen MR) is 126 cm³/mol. The zero-order valence-electron chi connectivity index (χ0n) is 18.9. The highest BCUT2D eigenvalue weighted by atomic mass is 16.5. The van der Waals surface area contributed by atoms with Crippen LogP contribution in [0.1, 0.15) is 27.2 Å². The Kier molecular flexibility index (Phi) is 8.97. The van der Waals surface area contributed by atoms with E-state index < -0.39 is 11.9 Å². The number of amides is 2. The molecule has 0 radical (unpaired) electrons. The van der Waals surface area contributed by atoms with Crippen molar-refractivity contribution in [3.63, 3.8) is 0 Å². The molecule has 3 aromatic rings. The van der Waals surface area contributed by atoms with E-state index in [0.29, 0.717) is 30.9 Å². The van der Waals surface area contributed by atoms with Crippen molar-refractivity contribution < 1.29 is 19.1 Å². The molecule has 0 unspecified atom stereocenters. The number of aromatic nitrogens is 1. The van der Waals surface area contributed by atoms with E-state index in [1.54, 1.807) is 18.3 Å². The van der Waals surface area contributed by atoms with E-state index in [0.717, 1.165) is 16.8 Å². The number of ether oxygens (including phenoxy) is 2. The second-order valence-electron chi connectivity index (χ2n) is 7.59. The highest BCUT2D eigenvalue weighted by molar-refractivity contribution is 5.99. The predicted octanol–water partition coefficient (Wildman–Crippen LogP) is 3.07. The quantitative estimate of drug-likeness (QED) is 0.472. The van der Waals surface area contributed by atoms with Crippen LogP contribution in [0.25, 0.3) is 0 Å². The maximum Gasteiger partial charge on any atom is 0.255 e. The zero-order chi connectivity index (χ0) is 23.5. The number of hydrogen-bond donors (Lipinski definition) is 2. The molecule has 7 heteroatoms. The number of methoxy groups -OCH3 is 1. The third-order valence-electron chi connectivity index (χ3n) is 5.03. The van der Waals surface area contributed by atoms with E-state index >= 15 is 0 Å². The van der Waals surface area contributed by atoms with Crippen molar-refractivity contribution in [2.45, 2.75) is 26.0 Å². The summed E-state index contributed by atoms with van der Waals surface area (Å²) in [5.74, 6) is -0.273. The Morgan fingerprint density at radius 3 is 2.55 bits per heavy atom. The Bertz CT molecular complexity index is 1040. The third kappa shape index (κ3) is 7.43. The first-order valence-electron chi connectivity index (χ1n) is 10.8. The van der Waals surface area contributed by atoms with Crippen LogP contribution in [-0.4, -0.2) is 43.1 Å². The maximum absolute atomic E-state index is 12.9. The third-order valence-corrected chi connectivity index (χ3v) is 5.03. The van der Waals surface area contributed by atoms with Crippen LogP contribution in [0, 0.1) is 6.92 Å². The smallest absolute Gasteiger partial charge is 0.255 e. The Hall–Kier alpha value is -3.71. The van der Waals surface area contributed by atoms with Crippen LogP contribution in [0.15, 0.2) is 72.9 Å². The van der Waals surface area contributed by atoms with Crippen LogP contribution in [0.2, 0.25) is 0 Å². The lowest BCUT2D eigenvalue weighted by atomic mass is 10.1. The number of carbonyl (C=O) groups excluding carboxylic acids is 2. The molecule has 33 heavy (non-hydrogen) atoms. The van der Waals surface area contributed by atoms with Crippen molar-refractivity contribution in [3.8, 4) is 5.75 Å². The number of benzene rings is 2. The first kappa shape index (κ1) is 23.9. The van der Waals surface area contributed by atoms with E-state index in [1.807, 2.05) is 61.5 Å². The molecule has 1 aromatic heterocycles. The average molecular weight is 448 g/mol. The largest absolute Gasteiger partial charge is 0.496 e. The summed E-state index contributed by atoms with van der Waals surface area (Å²) in [5.41, 5.74) is 3.19. The minimum absolute atomic E-state index is 0.0320. The monoisotopic (exact) mass is 447 g/mol. The minimum Gasteiger partial charge on any atom is -0.496 e. The number of nitrogens with one attached hydrogen (secondary N) is 2. The number of carbonyl (C=O) groups is 2. The summed E-state index contributed by atoms with van der Waals surface area (Å²) in [6.45, 7) is 2.68. The molecule has 0 fully saturated rings. The van der Waals surface area contributed by atoms with Crippen molar-refractivity contribution in [1.29, 1.82) is 0 Å². The standard InChI is InChI=1S/C26H29N3O4/c1-19-11-12-22(24(16-19)32-2)25(30)29-23(18-33-17-20-8-4-3-5-9-20)26(31)28-15-13-21-10-6-7-14-27-21/h3-12,14,16,23H,13,15,17-18H2,1-2H3,(H,28,31)(H,29,30)/t23-/m1/s1. The van der Waals surface area contributed by atoms with Gasteiger partial charge in [-0.1, -0.05) is 42.5 Å². The van der Waals surface area contributed by atoms with E-state index in [-0.39, 0.29) is 12.5 Å². The fourth-order valence-corrected chi connectivity index (χ4v) is 3.26. The molecule has 2 amide bonds.